The average molecular weight is 1150 g/mol. The van der Waals surface area contributed by atoms with E-state index in [-0.39, 0.29) is 31.5 Å². The number of rotatable bonds is 58. The number of carbonyl (C=O) groups excluding carboxylic acids is 2. The molecule has 0 fully saturated rings. The Morgan fingerprint density at radius 3 is 1.21 bits per heavy atom. The largest absolute Gasteiger partial charge is 0.472 e. The summed E-state index contributed by atoms with van der Waals surface area (Å²) in [5, 5.41) is 3.04. The highest BCUT2D eigenvalue weighted by Crippen LogP contribution is 2.43. The summed E-state index contributed by atoms with van der Waals surface area (Å²) in [6, 6.07) is -0.875. The van der Waals surface area contributed by atoms with Gasteiger partial charge in [-0.25, -0.2) is 4.57 Å². The van der Waals surface area contributed by atoms with Crippen LogP contribution in [-0.4, -0.2) is 74.3 Å². The van der Waals surface area contributed by atoms with Crippen molar-refractivity contribution in [3.63, 3.8) is 0 Å². The number of phosphoric ester groups is 1. The number of esters is 1. The van der Waals surface area contributed by atoms with Crippen molar-refractivity contribution in [1.29, 1.82) is 0 Å². The first kappa shape index (κ1) is 77.4. The summed E-state index contributed by atoms with van der Waals surface area (Å²) in [5.41, 5.74) is 0. The van der Waals surface area contributed by atoms with Gasteiger partial charge in [0.1, 0.15) is 19.3 Å². The Hall–Kier alpha value is -3.59. The van der Waals surface area contributed by atoms with Gasteiger partial charge >= 0.3 is 13.8 Å². The van der Waals surface area contributed by atoms with E-state index < -0.39 is 20.0 Å². The summed E-state index contributed by atoms with van der Waals surface area (Å²) in [6.07, 6.45) is 83.4. The van der Waals surface area contributed by atoms with Crippen LogP contribution in [0.1, 0.15) is 265 Å². The van der Waals surface area contributed by atoms with Gasteiger partial charge in [-0.3, -0.25) is 18.6 Å². The summed E-state index contributed by atoms with van der Waals surface area (Å²) in [7, 11) is 1.46. The van der Waals surface area contributed by atoms with E-state index in [1.807, 2.05) is 33.3 Å². The second-order valence-electron chi connectivity index (χ2n) is 22.9. The molecule has 0 radical (unpaired) electrons. The van der Waals surface area contributed by atoms with Gasteiger partial charge in [0.25, 0.3) is 0 Å². The van der Waals surface area contributed by atoms with E-state index in [1.165, 1.54) is 83.5 Å². The van der Waals surface area contributed by atoms with Crippen LogP contribution < -0.4 is 5.32 Å². The molecule has 1 amide bonds. The summed E-state index contributed by atoms with van der Waals surface area (Å²) < 4.78 is 30.7. The minimum Gasteiger partial charge on any atom is -0.456 e. The first-order chi connectivity index (χ1) is 39.4. The standard InChI is InChI=1S/C71H123N2O7P/c1-7-10-13-16-19-22-25-28-30-32-33-34-35-36-37-38-39-41-43-46-49-52-55-58-61-64-71(75)80-69(62-59-56-53-50-47-44-27-24-21-18-15-12-9-3)68(67-79-81(76,77)78-66-65-73(4,5)6)72-70(74)63-60-57-54-51-48-45-42-40-31-29-26-23-20-17-14-11-8-2/h10,13,19-20,22-23,28-31,33-34,36-37,39,41-42,45,59,62,68-69H,7-9,11-12,14-18,21,24-27,32,35,38,40,43-44,46-58,60-61,63-67H2,1-6H3,(H-,72,74,76,77)/p+1/b13-10-,22-19-,23-20-,30-28-,31-29-,34-33-,37-36-,41-39-,45-42-,62-59-. The van der Waals surface area contributed by atoms with E-state index in [9.17, 15) is 19.0 Å². The van der Waals surface area contributed by atoms with Crippen molar-refractivity contribution in [3.05, 3.63) is 122 Å². The molecule has 0 bridgehead atoms. The Labute approximate surface area is 499 Å². The fraction of sp³-hybridized carbons (Fsp3) is 0.690. The third-order valence-corrected chi connectivity index (χ3v) is 14.9. The van der Waals surface area contributed by atoms with Gasteiger partial charge in [0.05, 0.1) is 33.8 Å². The number of hydrogen-bond donors (Lipinski definition) is 2. The Morgan fingerprint density at radius 1 is 0.444 bits per heavy atom. The highest BCUT2D eigenvalue weighted by molar-refractivity contribution is 7.47. The predicted molar refractivity (Wildman–Crippen MR) is 350 cm³/mol. The van der Waals surface area contributed by atoms with Crippen molar-refractivity contribution in [2.75, 3.05) is 40.9 Å². The molecule has 0 aromatic rings. The summed E-state index contributed by atoms with van der Waals surface area (Å²) in [4.78, 5) is 37.8. The summed E-state index contributed by atoms with van der Waals surface area (Å²) in [5.74, 6) is -0.552. The minimum atomic E-state index is -4.47. The molecule has 2 N–H and O–H groups in total. The van der Waals surface area contributed by atoms with Gasteiger partial charge in [-0.15, -0.1) is 0 Å². The van der Waals surface area contributed by atoms with Crippen LogP contribution in [0.5, 0.6) is 0 Å². The Kier molecular flexibility index (Phi) is 56.9. The fourth-order valence-corrected chi connectivity index (χ4v) is 9.57. The molecule has 0 aromatic heterocycles. The van der Waals surface area contributed by atoms with E-state index in [2.05, 4.69) is 135 Å². The molecule has 3 unspecified atom stereocenters. The molecule has 0 rings (SSSR count). The maximum absolute atomic E-state index is 13.6. The van der Waals surface area contributed by atoms with Crippen molar-refractivity contribution in [2.24, 2.45) is 0 Å². The topological polar surface area (TPSA) is 111 Å². The van der Waals surface area contributed by atoms with Crippen LogP contribution in [0, 0.1) is 0 Å². The van der Waals surface area contributed by atoms with Gasteiger partial charge in [-0.2, -0.15) is 0 Å². The third-order valence-electron chi connectivity index (χ3n) is 13.9. The molecular formula is C71H124N2O7P+. The number of amides is 1. The summed E-state index contributed by atoms with van der Waals surface area (Å²) in [6.45, 7) is 6.84. The molecular weight excluding hydrogens is 1020 g/mol. The van der Waals surface area contributed by atoms with Crippen molar-refractivity contribution in [2.45, 2.75) is 277 Å². The number of unbranched alkanes of at least 4 members (excludes halogenated alkanes) is 24. The molecule has 0 saturated heterocycles. The maximum Gasteiger partial charge on any atom is 0.472 e. The van der Waals surface area contributed by atoms with Gasteiger partial charge in [0.2, 0.25) is 5.91 Å². The minimum absolute atomic E-state index is 0.0268. The van der Waals surface area contributed by atoms with E-state index in [0.29, 0.717) is 30.3 Å². The van der Waals surface area contributed by atoms with Gasteiger partial charge in [0.15, 0.2) is 0 Å². The molecule has 0 spiro atoms. The lowest BCUT2D eigenvalue weighted by atomic mass is 10.0. The zero-order chi connectivity index (χ0) is 59.3. The molecule has 81 heavy (non-hydrogen) atoms. The number of nitrogens with zero attached hydrogens (tertiary/aromatic N) is 1. The Bertz CT molecular complexity index is 1800. The number of hydrogen-bond acceptors (Lipinski definition) is 6. The molecule has 0 heterocycles. The van der Waals surface area contributed by atoms with Crippen LogP contribution in [0.2, 0.25) is 0 Å². The smallest absolute Gasteiger partial charge is 0.456 e. The molecule has 0 aliphatic heterocycles. The molecule has 10 heteroatoms. The van der Waals surface area contributed by atoms with Crippen LogP contribution >= 0.6 is 7.82 Å². The second kappa shape index (κ2) is 59.6. The van der Waals surface area contributed by atoms with Gasteiger partial charge in [0, 0.05) is 12.8 Å². The van der Waals surface area contributed by atoms with Crippen LogP contribution in [0.3, 0.4) is 0 Å². The highest BCUT2D eigenvalue weighted by atomic mass is 31.2. The number of carbonyl (C=O) groups is 2. The molecule has 464 valence electrons. The quantitative estimate of drug-likeness (QED) is 0.0205. The molecule has 0 aliphatic carbocycles. The second-order valence-corrected chi connectivity index (χ2v) is 24.4. The van der Waals surface area contributed by atoms with E-state index in [1.54, 1.807) is 0 Å². The highest BCUT2D eigenvalue weighted by Gasteiger charge is 2.30. The maximum atomic E-state index is 13.6. The first-order valence-corrected chi connectivity index (χ1v) is 34.4. The normalized spacial score (nSPS) is 14.4. The van der Waals surface area contributed by atoms with E-state index in [4.69, 9.17) is 13.8 Å². The number of quaternary nitrogens is 1. The number of ether oxygens (including phenoxy) is 1. The zero-order valence-electron chi connectivity index (χ0n) is 53.0. The third kappa shape index (κ3) is 60.8. The molecule has 0 aliphatic rings. The van der Waals surface area contributed by atoms with Crippen LogP contribution in [-0.2, 0) is 27.9 Å². The molecule has 0 saturated carbocycles. The zero-order valence-corrected chi connectivity index (χ0v) is 53.9. The Morgan fingerprint density at radius 2 is 0.790 bits per heavy atom. The van der Waals surface area contributed by atoms with Gasteiger partial charge in [-0.05, 0) is 122 Å². The van der Waals surface area contributed by atoms with Crippen LogP contribution in [0.4, 0.5) is 0 Å². The molecule has 9 nitrogen and oxygen atoms in total. The van der Waals surface area contributed by atoms with Crippen molar-refractivity contribution >= 4 is 19.7 Å². The van der Waals surface area contributed by atoms with Crippen LogP contribution in [0.25, 0.3) is 0 Å². The Balaban J connectivity index is 5.28. The number of allylic oxidation sites excluding steroid dienone is 19. The number of likely N-dealkylation sites (N-methyl/N-ethyl adjacent to an activating group) is 1. The predicted octanol–water partition coefficient (Wildman–Crippen LogP) is 20.7. The first-order valence-electron chi connectivity index (χ1n) is 32.9. The average Bonchev–Trinajstić information content (AvgIpc) is 3.44. The van der Waals surface area contributed by atoms with Crippen molar-refractivity contribution in [3.8, 4) is 0 Å². The van der Waals surface area contributed by atoms with Crippen LogP contribution in [0.15, 0.2) is 122 Å². The number of phosphoric acid groups is 1. The monoisotopic (exact) mass is 1150 g/mol. The molecule has 3 atom stereocenters. The lowest BCUT2D eigenvalue weighted by Gasteiger charge is -2.27. The summed E-state index contributed by atoms with van der Waals surface area (Å²) >= 11 is 0. The van der Waals surface area contributed by atoms with Crippen molar-refractivity contribution < 1.29 is 37.3 Å². The van der Waals surface area contributed by atoms with Gasteiger partial charge < -0.3 is 19.4 Å². The van der Waals surface area contributed by atoms with Crippen molar-refractivity contribution in [1.82, 2.24) is 5.32 Å². The fourth-order valence-electron chi connectivity index (χ4n) is 8.83. The lowest BCUT2D eigenvalue weighted by Crippen LogP contribution is -2.47. The van der Waals surface area contributed by atoms with E-state index >= 15 is 0 Å². The SMILES string of the molecule is CC/C=C\C/C=C\C/C=C\C/C=C\C/C=C\C/C=C\CCCCCCCCC(=O)OC(/C=C\CCCCCCCCCCCCC)C(COP(=O)(O)OCC[N+](C)(C)C)NC(=O)CCCCCC/C=C\C/C=C\C/C=C\CCCCC. The van der Waals surface area contributed by atoms with Gasteiger partial charge in [-0.1, -0.05) is 252 Å². The molecule has 0 aromatic carbocycles. The van der Waals surface area contributed by atoms with E-state index in [0.717, 1.165) is 135 Å². The number of nitrogens with one attached hydrogen (secondary N) is 1. The lowest BCUT2D eigenvalue weighted by molar-refractivity contribution is -0.870.